The van der Waals surface area contributed by atoms with Crippen LogP contribution in [0.3, 0.4) is 0 Å². The maximum atomic E-state index is 9.02. The molecule has 0 fully saturated rings. The molecule has 1 aliphatic heterocycles. The maximum Gasteiger partial charge on any atom is 0.231 e. The first kappa shape index (κ1) is 10.1. The number of aryl methyl sites for hydroxylation is 1. The summed E-state index contributed by atoms with van der Waals surface area (Å²) in [6.45, 7) is 2.22. The molecule has 2 heterocycles. The fraction of sp³-hybridized carbons (Fsp3) is 0.167. The zero-order valence-electron chi connectivity index (χ0n) is 9.06. The van der Waals surface area contributed by atoms with Crippen molar-refractivity contribution in [2.75, 3.05) is 6.79 Å². The molecule has 84 valence electrons. The average molecular weight is 244 g/mol. The van der Waals surface area contributed by atoms with Gasteiger partial charge in [-0.3, -0.25) is 0 Å². The summed E-state index contributed by atoms with van der Waals surface area (Å²) in [5, 5.41) is 9.02. The van der Waals surface area contributed by atoms with Crippen molar-refractivity contribution < 1.29 is 9.47 Å². The van der Waals surface area contributed by atoms with Crippen LogP contribution in [0.2, 0.25) is 0 Å². The standard InChI is InChI=1S/C12H8N2O2S/c1-7-2-9-10(16-6-15-9)3-8(7)12-11(4-13)17-5-14-12/h2-3,5H,6H2,1H3. The molecule has 0 radical (unpaired) electrons. The maximum absolute atomic E-state index is 9.02. The minimum absolute atomic E-state index is 0.250. The van der Waals surface area contributed by atoms with E-state index in [4.69, 9.17) is 14.7 Å². The summed E-state index contributed by atoms with van der Waals surface area (Å²) in [6.07, 6.45) is 0. The van der Waals surface area contributed by atoms with E-state index in [0.29, 0.717) is 16.3 Å². The number of ether oxygens (including phenoxy) is 2. The number of hydrogen-bond acceptors (Lipinski definition) is 5. The molecule has 1 aliphatic rings. The highest BCUT2D eigenvalue weighted by Crippen LogP contribution is 2.39. The average Bonchev–Trinajstić information content (AvgIpc) is 2.94. The van der Waals surface area contributed by atoms with Crippen molar-refractivity contribution in [3.8, 4) is 28.8 Å². The minimum Gasteiger partial charge on any atom is -0.454 e. The summed E-state index contributed by atoms with van der Waals surface area (Å²) in [5.41, 5.74) is 4.34. The van der Waals surface area contributed by atoms with Crippen LogP contribution < -0.4 is 9.47 Å². The van der Waals surface area contributed by atoms with Gasteiger partial charge in [0.2, 0.25) is 6.79 Å². The lowest BCUT2D eigenvalue weighted by molar-refractivity contribution is 0.174. The Bertz CT molecular complexity index is 628. The molecule has 17 heavy (non-hydrogen) atoms. The van der Waals surface area contributed by atoms with Crippen LogP contribution >= 0.6 is 11.3 Å². The molecule has 0 unspecified atom stereocenters. The van der Waals surface area contributed by atoms with E-state index in [1.165, 1.54) is 11.3 Å². The van der Waals surface area contributed by atoms with E-state index in [1.807, 2.05) is 19.1 Å². The fourth-order valence-electron chi connectivity index (χ4n) is 1.82. The second-order valence-corrected chi connectivity index (χ2v) is 4.52. The molecule has 0 bridgehead atoms. The highest BCUT2D eigenvalue weighted by Gasteiger charge is 2.19. The van der Waals surface area contributed by atoms with E-state index in [2.05, 4.69) is 11.1 Å². The van der Waals surface area contributed by atoms with Gasteiger partial charge in [-0.25, -0.2) is 4.98 Å². The van der Waals surface area contributed by atoms with Crippen molar-refractivity contribution in [1.29, 1.82) is 5.26 Å². The van der Waals surface area contributed by atoms with E-state index < -0.39 is 0 Å². The van der Waals surface area contributed by atoms with Crippen molar-refractivity contribution in [2.24, 2.45) is 0 Å². The zero-order chi connectivity index (χ0) is 11.8. The van der Waals surface area contributed by atoms with Crippen LogP contribution in [0.5, 0.6) is 11.5 Å². The minimum atomic E-state index is 0.250. The Morgan fingerprint density at radius 2 is 2.12 bits per heavy atom. The molecule has 4 nitrogen and oxygen atoms in total. The number of fused-ring (bicyclic) bond motifs is 1. The van der Waals surface area contributed by atoms with Gasteiger partial charge in [0, 0.05) is 5.56 Å². The molecule has 0 saturated carbocycles. The van der Waals surface area contributed by atoms with Crippen LogP contribution in [0.25, 0.3) is 11.3 Å². The predicted molar refractivity (Wildman–Crippen MR) is 63.1 cm³/mol. The van der Waals surface area contributed by atoms with E-state index >= 15 is 0 Å². The molecule has 2 aromatic rings. The Hall–Kier alpha value is -2.06. The Morgan fingerprint density at radius 1 is 1.35 bits per heavy atom. The van der Waals surface area contributed by atoms with E-state index in [0.717, 1.165) is 16.9 Å². The summed E-state index contributed by atoms with van der Waals surface area (Å²) in [5.74, 6) is 1.46. The Kier molecular flexibility index (Phi) is 2.23. The third-order valence-electron chi connectivity index (χ3n) is 2.64. The van der Waals surface area contributed by atoms with Crippen molar-refractivity contribution in [2.45, 2.75) is 6.92 Å². The summed E-state index contributed by atoms with van der Waals surface area (Å²) in [7, 11) is 0. The number of thiazole rings is 1. The van der Waals surface area contributed by atoms with Crippen LogP contribution in [-0.4, -0.2) is 11.8 Å². The second-order valence-electron chi connectivity index (χ2n) is 3.66. The van der Waals surface area contributed by atoms with Crippen LogP contribution in [0.1, 0.15) is 10.4 Å². The highest BCUT2D eigenvalue weighted by atomic mass is 32.1. The predicted octanol–water partition coefficient (Wildman–Crippen LogP) is 2.72. The van der Waals surface area contributed by atoms with E-state index in [-0.39, 0.29) is 6.79 Å². The van der Waals surface area contributed by atoms with Crippen LogP contribution in [0.15, 0.2) is 17.6 Å². The molecule has 1 aromatic heterocycles. The van der Waals surface area contributed by atoms with E-state index in [9.17, 15) is 0 Å². The lowest BCUT2D eigenvalue weighted by Crippen LogP contribution is -1.92. The lowest BCUT2D eigenvalue weighted by atomic mass is 10.0. The quantitative estimate of drug-likeness (QED) is 0.774. The Morgan fingerprint density at radius 3 is 2.88 bits per heavy atom. The monoisotopic (exact) mass is 244 g/mol. The molecule has 3 rings (SSSR count). The van der Waals surface area contributed by atoms with Crippen molar-refractivity contribution in [1.82, 2.24) is 4.98 Å². The first-order valence-electron chi connectivity index (χ1n) is 5.04. The number of nitrogens with zero attached hydrogens (tertiary/aromatic N) is 2. The number of nitriles is 1. The van der Waals surface area contributed by atoms with Crippen molar-refractivity contribution in [3.05, 3.63) is 28.1 Å². The zero-order valence-corrected chi connectivity index (χ0v) is 9.87. The Balaban J connectivity index is 2.19. The molecule has 0 saturated heterocycles. The van der Waals surface area contributed by atoms with Gasteiger partial charge in [-0.2, -0.15) is 5.26 Å². The summed E-state index contributed by atoms with van der Waals surface area (Å²) in [6, 6.07) is 5.95. The first-order valence-corrected chi connectivity index (χ1v) is 5.92. The molecule has 0 spiro atoms. The second kappa shape index (κ2) is 3.75. The normalized spacial score (nSPS) is 12.5. The fourth-order valence-corrected chi connectivity index (χ4v) is 2.41. The van der Waals surface area contributed by atoms with Gasteiger partial charge in [0.15, 0.2) is 11.5 Å². The topological polar surface area (TPSA) is 55.1 Å². The molecule has 0 atom stereocenters. The number of rotatable bonds is 1. The van der Waals surface area contributed by atoms with Gasteiger partial charge in [0.05, 0.1) is 11.2 Å². The summed E-state index contributed by atoms with van der Waals surface area (Å²) < 4.78 is 10.6. The SMILES string of the molecule is Cc1cc2c(cc1-c1ncsc1C#N)OCO2. The molecule has 5 heteroatoms. The van der Waals surface area contributed by atoms with Gasteiger partial charge >= 0.3 is 0 Å². The van der Waals surface area contributed by atoms with Gasteiger partial charge in [0.25, 0.3) is 0 Å². The molecule has 0 aliphatic carbocycles. The van der Waals surface area contributed by atoms with Crippen molar-refractivity contribution >= 4 is 11.3 Å². The van der Waals surface area contributed by atoms with Gasteiger partial charge in [-0.05, 0) is 24.6 Å². The third kappa shape index (κ3) is 1.54. The van der Waals surface area contributed by atoms with Gasteiger partial charge < -0.3 is 9.47 Å². The molecular weight excluding hydrogens is 236 g/mol. The third-order valence-corrected chi connectivity index (χ3v) is 3.37. The van der Waals surface area contributed by atoms with Gasteiger partial charge in [-0.1, -0.05) is 0 Å². The molecule has 0 amide bonds. The summed E-state index contributed by atoms with van der Waals surface area (Å²) >= 11 is 1.34. The number of benzene rings is 1. The Labute approximate surface area is 102 Å². The van der Waals surface area contributed by atoms with Crippen LogP contribution in [0, 0.1) is 18.3 Å². The largest absolute Gasteiger partial charge is 0.454 e. The van der Waals surface area contributed by atoms with E-state index in [1.54, 1.807) is 5.51 Å². The molecular formula is C12H8N2O2S. The first-order chi connectivity index (χ1) is 8.29. The molecule has 1 aromatic carbocycles. The number of hydrogen-bond donors (Lipinski definition) is 0. The molecule has 0 N–H and O–H groups in total. The van der Waals surface area contributed by atoms with Crippen molar-refractivity contribution in [3.63, 3.8) is 0 Å². The van der Waals surface area contributed by atoms with Gasteiger partial charge in [-0.15, -0.1) is 11.3 Å². The van der Waals surface area contributed by atoms with Crippen LogP contribution in [0.4, 0.5) is 0 Å². The summed E-state index contributed by atoms with van der Waals surface area (Å²) in [4.78, 5) is 4.86. The smallest absolute Gasteiger partial charge is 0.231 e. The highest BCUT2D eigenvalue weighted by molar-refractivity contribution is 7.10. The number of aromatic nitrogens is 1. The lowest BCUT2D eigenvalue weighted by Gasteiger charge is -2.05. The van der Waals surface area contributed by atoms with Gasteiger partial charge in [0.1, 0.15) is 10.9 Å². The van der Waals surface area contributed by atoms with Crippen LogP contribution in [-0.2, 0) is 0 Å².